The summed E-state index contributed by atoms with van der Waals surface area (Å²) in [5.74, 6) is 0. The topological polar surface area (TPSA) is 86.7 Å². The first-order valence-corrected chi connectivity index (χ1v) is 6.44. The fourth-order valence-electron chi connectivity index (χ4n) is 1.98. The van der Waals surface area contributed by atoms with Crippen LogP contribution in [0.5, 0.6) is 0 Å². The van der Waals surface area contributed by atoms with Crippen molar-refractivity contribution in [1.82, 2.24) is 19.7 Å². The van der Waals surface area contributed by atoms with Crippen molar-refractivity contribution in [3.63, 3.8) is 0 Å². The minimum absolute atomic E-state index is 0.0216. The smallest absolute Gasteiger partial charge is 0.275 e. The number of aryl methyl sites for hydroxylation is 1. The third-order valence-electron chi connectivity index (χ3n) is 2.89. The number of hydrogen-bond donors (Lipinski definition) is 0. The molecule has 2 aromatic heterocycles. The molecule has 0 spiro atoms. The van der Waals surface area contributed by atoms with Crippen molar-refractivity contribution in [2.45, 2.75) is 0 Å². The third kappa shape index (κ3) is 2.03. The molecular weight excluding hydrogens is 326 g/mol. The number of halogens is 1. The number of nitro benzene ring substituents is 1. The van der Waals surface area contributed by atoms with Gasteiger partial charge in [0.2, 0.25) is 0 Å². The van der Waals surface area contributed by atoms with E-state index in [1.165, 1.54) is 12.4 Å². The van der Waals surface area contributed by atoms with Crippen molar-refractivity contribution in [3.05, 3.63) is 45.4 Å². The van der Waals surface area contributed by atoms with Crippen LogP contribution in [0.1, 0.15) is 0 Å². The van der Waals surface area contributed by atoms with Gasteiger partial charge in [0, 0.05) is 24.7 Å². The lowest BCUT2D eigenvalue weighted by molar-refractivity contribution is -0.384. The molecule has 3 rings (SSSR count). The van der Waals surface area contributed by atoms with E-state index in [1.54, 1.807) is 30.1 Å². The quantitative estimate of drug-likeness (QED) is 0.408. The Hall–Kier alpha value is -2.35. The highest BCUT2D eigenvalue weighted by atomic mass is 79.9. The second kappa shape index (κ2) is 4.64. The van der Waals surface area contributed by atoms with E-state index in [4.69, 9.17) is 0 Å². The van der Waals surface area contributed by atoms with E-state index in [2.05, 4.69) is 31.0 Å². The van der Waals surface area contributed by atoms with E-state index in [-0.39, 0.29) is 5.69 Å². The zero-order chi connectivity index (χ0) is 14.3. The summed E-state index contributed by atoms with van der Waals surface area (Å²) in [4.78, 5) is 19.0. The Balaban J connectivity index is 2.35. The minimum Gasteiger partial charge on any atom is -0.275 e. The van der Waals surface area contributed by atoms with Gasteiger partial charge in [0.1, 0.15) is 10.9 Å². The SMILES string of the molecule is Cn1ccc(-c2cc3ncnc(Br)c3cc2[N+](=O)[O-])n1. The normalized spacial score (nSPS) is 10.9. The summed E-state index contributed by atoms with van der Waals surface area (Å²) in [6.07, 6.45) is 3.14. The third-order valence-corrected chi connectivity index (χ3v) is 3.52. The molecule has 100 valence electrons. The summed E-state index contributed by atoms with van der Waals surface area (Å²) in [6.45, 7) is 0. The predicted molar refractivity (Wildman–Crippen MR) is 76.1 cm³/mol. The summed E-state index contributed by atoms with van der Waals surface area (Å²) in [7, 11) is 1.76. The number of fused-ring (bicyclic) bond motifs is 1. The number of hydrogen-bond acceptors (Lipinski definition) is 5. The Morgan fingerprint density at radius 3 is 2.80 bits per heavy atom. The van der Waals surface area contributed by atoms with Gasteiger partial charge < -0.3 is 0 Å². The Labute approximate surface area is 121 Å². The molecule has 0 saturated heterocycles. The number of nitrogens with zero attached hydrogens (tertiary/aromatic N) is 5. The van der Waals surface area contributed by atoms with E-state index in [0.717, 1.165) is 0 Å². The maximum absolute atomic E-state index is 11.3. The zero-order valence-corrected chi connectivity index (χ0v) is 11.9. The van der Waals surface area contributed by atoms with E-state index in [1.807, 2.05) is 0 Å². The Bertz CT molecular complexity index is 830. The summed E-state index contributed by atoms with van der Waals surface area (Å²) >= 11 is 3.27. The number of rotatable bonds is 2. The summed E-state index contributed by atoms with van der Waals surface area (Å²) in [5, 5.41) is 16.1. The summed E-state index contributed by atoms with van der Waals surface area (Å²) in [6, 6.07) is 4.84. The maximum Gasteiger partial charge on any atom is 0.279 e. The van der Waals surface area contributed by atoms with Gasteiger partial charge in [-0.2, -0.15) is 5.10 Å². The van der Waals surface area contributed by atoms with Crippen molar-refractivity contribution in [2.75, 3.05) is 0 Å². The first kappa shape index (κ1) is 12.7. The van der Waals surface area contributed by atoms with E-state index in [0.29, 0.717) is 26.8 Å². The van der Waals surface area contributed by atoms with Gasteiger partial charge in [0.05, 0.1) is 21.7 Å². The van der Waals surface area contributed by atoms with Crippen molar-refractivity contribution >= 4 is 32.5 Å². The van der Waals surface area contributed by atoms with Gasteiger partial charge in [0.15, 0.2) is 0 Å². The molecule has 0 aliphatic carbocycles. The lowest BCUT2D eigenvalue weighted by Gasteiger charge is -2.04. The molecule has 0 aliphatic heterocycles. The highest BCUT2D eigenvalue weighted by molar-refractivity contribution is 9.10. The molecule has 0 bridgehead atoms. The Morgan fingerprint density at radius 1 is 1.35 bits per heavy atom. The van der Waals surface area contributed by atoms with Crippen molar-refractivity contribution in [3.8, 4) is 11.3 Å². The van der Waals surface area contributed by atoms with E-state index < -0.39 is 4.92 Å². The number of nitro groups is 1. The number of aromatic nitrogens is 4. The molecule has 7 nitrogen and oxygen atoms in total. The standard InChI is InChI=1S/C12H8BrN5O2/c1-17-3-2-9(16-17)7-4-10-8(5-11(7)18(19)20)12(13)15-6-14-10/h2-6H,1H3. The lowest BCUT2D eigenvalue weighted by Crippen LogP contribution is -1.96. The summed E-state index contributed by atoms with van der Waals surface area (Å²) < 4.78 is 2.12. The Morgan fingerprint density at radius 2 is 2.15 bits per heavy atom. The largest absolute Gasteiger partial charge is 0.279 e. The van der Waals surface area contributed by atoms with Gasteiger partial charge >= 0.3 is 0 Å². The zero-order valence-electron chi connectivity index (χ0n) is 10.3. The van der Waals surface area contributed by atoms with Crippen LogP contribution in [-0.4, -0.2) is 24.7 Å². The average molecular weight is 334 g/mol. The molecule has 0 unspecified atom stereocenters. The highest BCUT2D eigenvalue weighted by Gasteiger charge is 2.20. The first-order valence-electron chi connectivity index (χ1n) is 5.65. The monoisotopic (exact) mass is 333 g/mol. The fraction of sp³-hybridized carbons (Fsp3) is 0.0833. The Kier molecular flexibility index (Phi) is 2.94. The molecule has 0 fully saturated rings. The van der Waals surface area contributed by atoms with Crippen LogP contribution in [0.25, 0.3) is 22.2 Å². The highest BCUT2D eigenvalue weighted by Crippen LogP contribution is 2.34. The lowest BCUT2D eigenvalue weighted by atomic mass is 10.1. The van der Waals surface area contributed by atoms with Crippen LogP contribution in [0, 0.1) is 10.1 Å². The molecule has 0 saturated carbocycles. The van der Waals surface area contributed by atoms with Gasteiger partial charge in [0.25, 0.3) is 5.69 Å². The van der Waals surface area contributed by atoms with Crippen LogP contribution >= 0.6 is 15.9 Å². The molecule has 1 aromatic carbocycles. The van der Waals surface area contributed by atoms with Crippen LogP contribution in [0.2, 0.25) is 0 Å². The van der Waals surface area contributed by atoms with Gasteiger partial charge in [-0.1, -0.05) is 0 Å². The minimum atomic E-state index is -0.428. The maximum atomic E-state index is 11.3. The van der Waals surface area contributed by atoms with Crippen LogP contribution in [0.3, 0.4) is 0 Å². The first-order chi connectivity index (χ1) is 9.56. The molecule has 0 N–H and O–H groups in total. The second-order valence-corrected chi connectivity index (χ2v) is 4.93. The average Bonchev–Trinajstić information content (AvgIpc) is 2.84. The molecule has 0 atom stereocenters. The second-order valence-electron chi connectivity index (χ2n) is 4.18. The van der Waals surface area contributed by atoms with Crippen molar-refractivity contribution in [1.29, 1.82) is 0 Å². The van der Waals surface area contributed by atoms with Crippen molar-refractivity contribution < 1.29 is 4.92 Å². The van der Waals surface area contributed by atoms with Gasteiger partial charge in [-0.15, -0.1) is 0 Å². The van der Waals surface area contributed by atoms with Crippen LogP contribution < -0.4 is 0 Å². The molecular formula is C12H8BrN5O2. The number of benzene rings is 1. The van der Waals surface area contributed by atoms with Crippen LogP contribution in [-0.2, 0) is 7.05 Å². The summed E-state index contributed by atoms with van der Waals surface area (Å²) in [5.41, 5.74) is 1.58. The van der Waals surface area contributed by atoms with Crippen molar-refractivity contribution in [2.24, 2.45) is 7.05 Å². The van der Waals surface area contributed by atoms with Crippen LogP contribution in [0.4, 0.5) is 5.69 Å². The molecule has 2 heterocycles. The fourth-order valence-corrected chi connectivity index (χ4v) is 2.38. The van der Waals surface area contributed by atoms with Gasteiger partial charge in [-0.3, -0.25) is 14.8 Å². The van der Waals surface area contributed by atoms with E-state index >= 15 is 0 Å². The van der Waals surface area contributed by atoms with Gasteiger partial charge in [-0.05, 0) is 28.1 Å². The molecule has 0 radical (unpaired) electrons. The van der Waals surface area contributed by atoms with E-state index in [9.17, 15) is 10.1 Å². The molecule has 3 aromatic rings. The van der Waals surface area contributed by atoms with Gasteiger partial charge in [-0.25, -0.2) is 9.97 Å². The molecule has 20 heavy (non-hydrogen) atoms. The molecule has 0 aliphatic rings. The van der Waals surface area contributed by atoms with Crippen LogP contribution in [0.15, 0.2) is 35.3 Å². The predicted octanol–water partition coefficient (Wildman–Crippen LogP) is 2.70. The molecule has 0 amide bonds. The molecule has 8 heteroatoms.